The lowest BCUT2D eigenvalue weighted by Gasteiger charge is -2.03. The summed E-state index contributed by atoms with van der Waals surface area (Å²) in [6, 6.07) is 16.7. The number of halogens is 1. The Morgan fingerprint density at radius 3 is 2.67 bits per heavy atom. The van der Waals surface area contributed by atoms with Gasteiger partial charge in [-0.3, -0.25) is 4.79 Å². The maximum Gasteiger partial charge on any atom is 0.267 e. The highest BCUT2D eigenvalue weighted by atomic mass is 35.5. The monoisotopic (exact) mass is 353 g/mol. The van der Waals surface area contributed by atoms with Crippen molar-refractivity contribution in [3.8, 4) is 16.6 Å². The van der Waals surface area contributed by atoms with Crippen molar-refractivity contribution in [3.05, 3.63) is 70.2 Å². The van der Waals surface area contributed by atoms with E-state index in [0.29, 0.717) is 27.0 Å². The van der Waals surface area contributed by atoms with Crippen molar-refractivity contribution in [2.75, 3.05) is 5.32 Å². The SMILES string of the molecule is N#CCc1ccc(NC(=O)c2cnc(-c3ccccc3Cl)s2)cc1. The van der Waals surface area contributed by atoms with Crippen LogP contribution in [0.15, 0.2) is 54.7 Å². The van der Waals surface area contributed by atoms with E-state index in [9.17, 15) is 4.79 Å². The number of anilines is 1. The van der Waals surface area contributed by atoms with E-state index in [4.69, 9.17) is 16.9 Å². The Bertz CT molecular complexity index is 913. The molecule has 0 aliphatic heterocycles. The van der Waals surface area contributed by atoms with Crippen molar-refractivity contribution >= 4 is 34.5 Å². The van der Waals surface area contributed by atoms with E-state index in [1.807, 2.05) is 30.3 Å². The molecule has 1 amide bonds. The van der Waals surface area contributed by atoms with Crippen LogP contribution >= 0.6 is 22.9 Å². The molecule has 6 heteroatoms. The lowest BCUT2D eigenvalue weighted by Crippen LogP contribution is -2.09. The summed E-state index contributed by atoms with van der Waals surface area (Å²) < 4.78 is 0. The lowest BCUT2D eigenvalue weighted by molar-refractivity contribution is 0.103. The zero-order chi connectivity index (χ0) is 16.9. The number of nitriles is 1. The zero-order valence-electron chi connectivity index (χ0n) is 12.5. The average molecular weight is 354 g/mol. The number of carbonyl (C=O) groups is 1. The summed E-state index contributed by atoms with van der Waals surface area (Å²) in [6.45, 7) is 0. The molecule has 2 aromatic carbocycles. The number of thiazole rings is 1. The maximum atomic E-state index is 12.3. The minimum atomic E-state index is -0.223. The van der Waals surface area contributed by atoms with Crippen molar-refractivity contribution in [3.63, 3.8) is 0 Å². The molecule has 1 heterocycles. The molecule has 0 radical (unpaired) electrons. The van der Waals surface area contributed by atoms with E-state index < -0.39 is 0 Å². The highest BCUT2D eigenvalue weighted by Gasteiger charge is 2.13. The van der Waals surface area contributed by atoms with Crippen LogP contribution in [0.1, 0.15) is 15.2 Å². The molecule has 0 aliphatic carbocycles. The predicted octanol–water partition coefficient (Wildman–Crippen LogP) is 4.78. The highest BCUT2D eigenvalue weighted by Crippen LogP contribution is 2.31. The van der Waals surface area contributed by atoms with Crippen LogP contribution < -0.4 is 5.32 Å². The summed E-state index contributed by atoms with van der Waals surface area (Å²) in [4.78, 5) is 17.1. The molecule has 0 saturated carbocycles. The summed E-state index contributed by atoms with van der Waals surface area (Å²) in [6.07, 6.45) is 1.90. The molecule has 1 aromatic heterocycles. The van der Waals surface area contributed by atoms with Crippen LogP contribution in [-0.4, -0.2) is 10.9 Å². The Hall–Kier alpha value is -2.68. The summed E-state index contributed by atoms with van der Waals surface area (Å²) in [5.74, 6) is -0.223. The first kappa shape index (κ1) is 16.2. The van der Waals surface area contributed by atoms with Gasteiger partial charge in [-0.05, 0) is 23.8 Å². The topological polar surface area (TPSA) is 65.8 Å². The zero-order valence-corrected chi connectivity index (χ0v) is 14.1. The minimum Gasteiger partial charge on any atom is -0.321 e. The van der Waals surface area contributed by atoms with Crippen molar-refractivity contribution in [2.45, 2.75) is 6.42 Å². The number of nitrogens with one attached hydrogen (secondary N) is 1. The molecule has 0 atom stereocenters. The second-order valence-electron chi connectivity index (χ2n) is 5.00. The minimum absolute atomic E-state index is 0.223. The molecule has 3 rings (SSSR count). The molecule has 0 unspecified atom stereocenters. The van der Waals surface area contributed by atoms with Crippen LogP contribution in [0.2, 0.25) is 5.02 Å². The fraction of sp³-hybridized carbons (Fsp3) is 0.0556. The van der Waals surface area contributed by atoms with E-state index in [-0.39, 0.29) is 5.91 Å². The van der Waals surface area contributed by atoms with Gasteiger partial charge in [-0.2, -0.15) is 5.26 Å². The highest BCUT2D eigenvalue weighted by molar-refractivity contribution is 7.17. The van der Waals surface area contributed by atoms with E-state index >= 15 is 0 Å². The van der Waals surface area contributed by atoms with Gasteiger partial charge >= 0.3 is 0 Å². The first-order valence-electron chi connectivity index (χ1n) is 7.15. The molecular weight excluding hydrogens is 342 g/mol. The molecule has 0 fully saturated rings. The molecule has 4 nitrogen and oxygen atoms in total. The third-order valence-corrected chi connectivity index (χ3v) is 4.69. The molecule has 0 saturated heterocycles. The standard InChI is InChI=1S/C18H12ClN3OS/c19-15-4-2-1-3-14(15)18-21-11-16(24-18)17(23)22-13-7-5-12(6-8-13)9-10-20/h1-8,11H,9H2,(H,22,23). The van der Waals surface area contributed by atoms with Crippen molar-refractivity contribution in [1.82, 2.24) is 4.98 Å². The van der Waals surface area contributed by atoms with E-state index in [1.165, 1.54) is 11.3 Å². The Morgan fingerprint density at radius 2 is 1.96 bits per heavy atom. The van der Waals surface area contributed by atoms with E-state index in [2.05, 4.69) is 16.4 Å². The van der Waals surface area contributed by atoms with Crippen molar-refractivity contribution in [2.24, 2.45) is 0 Å². The average Bonchev–Trinajstić information content (AvgIpc) is 3.07. The van der Waals surface area contributed by atoms with Gasteiger partial charge in [-0.15, -0.1) is 11.3 Å². The third kappa shape index (κ3) is 3.62. The molecule has 0 aliphatic rings. The largest absolute Gasteiger partial charge is 0.321 e. The second-order valence-corrected chi connectivity index (χ2v) is 6.43. The lowest BCUT2D eigenvalue weighted by atomic mass is 10.1. The van der Waals surface area contributed by atoms with Gasteiger partial charge in [-0.1, -0.05) is 41.9 Å². The van der Waals surface area contributed by atoms with Crippen LogP contribution in [0.5, 0.6) is 0 Å². The quantitative estimate of drug-likeness (QED) is 0.733. The molecule has 0 spiro atoms. The Morgan fingerprint density at radius 1 is 1.21 bits per heavy atom. The predicted molar refractivity (Wildman–Crippen MR) is 96.3 cm³/mol. The number of benzene rings is 2. The van der Waals surface area contributed by atoms with Crippen LogP contribution in [0.25, 0.3) is 10.6 Å². The van der Waals surface area contributed by atoms with Crippen LogP contribution in [0.3, 0.4) is 0 Å². The molecule has 0 bridgehead atoms. The fourth-order valence-corrected chi connectivity index (χ4v) is 3.26. The Balaban J connectivity index is 1.74. The molecule has 3 aromatic rings. The Labute approximate surface area is 148 Å². The first-order valence-corrected chi connectivity index (χ1v) is 8.35. The van der Waals surface area contributed by atoms with Gasteiger partial charge in [0.05, 0.1) is 23.7 Å². The number of hydrogen-bond acceptors (Lipinski definition) is 4. The number of aromatic nitrogens is 1. The fourth-order valence-electron chi connectivity index (χ4n) is 2.13. The summed E-state index contributed by atoms with van der Waals surface area (Å²) >= 11 is 7.45. The number of rotatable bonds is 4. The van der Waals surface area contributed by atoms with Crippen molar-refractivity contribution in [1.29, 1.82) is 5.26 Å². The van der Waals surface area contributed by atoms with E-state index in [1.54, 1.807) is 24.4 Å². The van der Waals surface area contributed by atoms with Crippen LogP contribution in [0, 0.1) is 11.3 Å². The number of amides is 1. The van der Waals surface area contributed by atoms with Gasteiger partial charge in [0, 0.05) is 11.3 Å². The van der Waals surface area contributed by atoms with Crippen molar-refractivity contribution < 1.29 is 4.79 Å². The van der Waals surface area contributed by atoms with Gasteiger partial charge in [0.1, 0.15) is 9.88 Å². The third-order valence-electron chi connectivity index (χ3n) is 3.33. The first-order chi connectivity index (χ1) is 11.7. The summed E-state index contributed by atoms with van der Waals surface area (Å²) in [5, 5.41) is 12.8. The van der Waals surface area contributed by atoms with Crippen LogP contribution in [0.4, 0.5) is 5.69 Å². The smallest absolute Gasteiger partial charge is 0.267 e. The number of hydrogen-bond donors (Lipinski definition) is 1. The van der Waals surface area contributed by atoms with Gasteiger partial charge in [0.25, 0.3) is 5.91 Å². The molecule has 118 valence electrons. The van der Waals surface area contributed by atoms with Crippen LogP contribution in [-0.2, 0) is 6.42 Å². The summed E-state index contributed by atoms with van der Waals surface area (Å²) in [7, 11) is 0. The Kier molecular flexibility index (Phi) is 4.90. The number of carbonyl (C=O) groups excluding carboxylic acids is 1. The second kappa shape index (κ2) is 7.26. The summed E-state index contributed by atoms with van der Waals surface area (Å²) in [5.41, 5.74) is 2.40. The van der Waals surface area contributed by atoms with E-state index in [0.717, 1.165) is 11.1 Å². The van der Waals surface area contributed by atoms with Gasteiger partial charge in [-0.25, -0.2) is 4.98 Å². The number of nitrogens with zero attached hydrogens (tertiary/aromatic N) is 2. The normalized spacial score (nSPS) is 10.2. The molecule has 1 N–H and O–H groups in total. The maximum absolute atomic E-state index is 12.3. The van der Waals surface area contributed by atoms with Gasteiger partial charge in [0.2, 0.25) is 0 Å². The molecular formula is C18H12ClN3OS. The van der Waals surface area contributed by atoms with Gasteiger partial charge < -0.3 is 5.32 Å². The van der Waals surface area contributed by atoms with Gasteiger partial charge in [0.15, 0.2) is 0 Å². The molecule has 24 heavy (non-hydrogen) atoms.